The number of carbonyl (C=O) groups excluding carboxylic acids is 1. The Bertz CT molecular complexity index is 1640. The molecule has 11 nitrogen and oxygen atoms in total. The monoisotopic (exact) mass is 581 g/mol. The summed E-state index contributed by atoms with van der Waals surface area (Å²) in [6.07, 6.45) is 12.8. The average Bonchev–Trinajstić information content (AvgIpc) is 3.44. The van der Waals surface area contributed by atoms with Crippen molar-refractivity contribution in [1.82, 2.24) is 30.0 Å². The highest BCUT2D eigenvalue weighted by Crippen LogP contribution is 2.39. The number of amides is 1. The Morgan fingerprint density at radius 2 is 1.79 bits per heavy atom. The quantitative estimate of drug-likeness (QED) is 0.260. The summed E-state index contributed by atoms with van der Waals surface area (Å²) >= 11 is 0. The molecule has 1 N–H and O–H groups in total. The Kier molecular flexibility index (Phi) is 8.30. The summed E-state index contributed by atoms with van der Waals surface area (Å²) in [4.78, 5) is 46.3. The first kappa shape index (κ1) is 28.3. The van der Waals surface area contributed by atoms with Crippen LogP contribution in [0.4, 0.5) is 5.95 Å². The van der Waals surface area contributed by atoms with Gasteiger partial charge >= 0.3 is 5.76 Å². The highest BCUT2D eigenvalue weighted by atomic mass is 16.5. The van der Waals surface area contributed by atoms with E-state index in [0.29, 0.717) is 53.3 Å². The second kappa shape index (κ2) is 12.6. The van der Waals surface area contributed by atoms with Gasteiger partial charge in [0.05, 0.1) is 24.7 Å². The van der Waals surface area contributed by atoms with Crippen LogP contribution in [-0.4, -0.2) is 55.2 Å². The number of H-pyrrole nitrogens is 1. The van der Waals surface area contributed by atoms with Gasteiger partial charge < -0.3 is 9.64 Å². The molecule has 43 heavy (non-hydrogen) atoms. The van der Waals surface area contributed by atoms with Gasteiger partial charge in [-0.15, -0.1) is 0 Å². The van der Waals surface area contributed by atoms with E-state index >= 15 is 0 Å². The zero-order valence-electron chi connectivity index (χ0n) is 24.4. The van der Waals surface area contributed by atoms with Crippen LogP contribution >= 0.6 is 0 Å². The van der Waals surface area contributed by atoms with Crippen LogP contribution in [0.2, 0.25) is 0 Å². The molecule has 3 aromatic heterocycles. The van der Waals surface area contributed by atoms with Crippen molar-refractivity contribution in [3.63, 3.8) is 0 Å². The Hall–Kier alpha value is -4.80. The maximum atomic E-state index is 14.2. The summed E-state index contributed by atoms with van der Waals surface area (Å²) in [7, 11) is 0. The molecule has 0 spiro atoms. The first-order valence-corrected chi connectivity index (χ1v) is 14.9. The summed E-state index contributed by atoms with van der Waals surface area (Å²) < 4.78 is 10.3. The van der Waals surface area contributed by atoms with Crippen molar-refractivity contribution in [3.05, 3.63) is 82.9 Å². The van der Waals surface area contributed by atoms with Crippen molar-refractivity contribution in [3.8, 4) is 28.4 Å². The molecular formula is C32H35N7O4. The van der Waals surface area contributed by atoms with Crippen molar-refractivity contribution in [1.29, 1.82) is 0 Å². The predicted octanol–water partition coefficient (Wildman–Crippen LogP) is 4.98. The number of nitrogens with zero attached hydrogens (tertiary/aromatic N) is 6. The van der Waals surface area contributed by atoms with E-state index in [1.807, 2.05) is 43.3 Å². The van der Waals surface area contributed by atoms with Gasteiger partial charge in [0, 0.05) is 42.1 Å². The molecular weight excluding hydrogens is 546 g/mol. The van der Waals surface area contributed by atoms with Crippen LogP contribution in [0.1, 0.15) is 51.5 Å². The number of pyridine rings is 1. The number of rotatable bonds is 11. The smallest absolute Gasteiger partial charge is 0.439 e. The number of aromatic amines is 1. The molecule has 0 bridgehead atoms. The number of hydrogen-bond acceptors (Lipinski definition) is 9. The van der Waals surface area contributed by atoms with Crippen LogP contribution in [0.15, 0.2) is 76.1 Å². The van der Waals surface area contributed by atoms with E-state index < -0.39 is 5.76 Å². The van der Waals surface area contributed by atoms with Crippen molar-refractivity contribution in [2.75, 3.05) is 18.1 Å². The third-order valence-corrected chi connectivity index (χ3v) is 8.02. The Morgan fingerprint density at radius 3 is 2.42 bits per heavy atom. The molecule has 2 aliphatic rings. The van der Waals surface area contributed by atoms with Crippen molar-refractivity contribution >= 4 is 11.9 Å². The summed E-state index contributed by atoms with van der Waals surface area (Å²) in [5.41, 5.74) is 3.80. The van der Waals surface area contributed by atoms with Crippen LogP contribution in [0.5, 0.6) is 5.75 Å². The van der Waals surface area contributed by atoms with Gasteiger partial charge in [0.2, 0.25) is 5.95 Å². The number of carbonyl (C=O) groups is 1. The number of hydrogen-bond donors (Lipinski definition) is 1. The molecule has 1 amide bonds. The Balaban J connectivity index is 1.30. The fourth-order valence-electron chi connectivity index (χ4n) is 5.68. The van der Waals surface area contributed by atoms with E-state index in [1.165, 1.54) is 6.42 Å². The van der Waals surface area contributed by atoms with E-state index in [0.717, 1.165) is 43.4 Å². The number of aromatic nitrogens is 5. The SMILES string of the molecule is CCCCN1C=C(Cc2ccc(-c3ccccc3-c3noc(=O)[nH]3)nc2)C(=O)N(c2ncc(OCC)cn2)C1C1CCC1. The molecule has 4 heterocycles. The molecule has 1 aliphatic heterocycles. The molecule has 11 heteroatoms. The van der Waals surface area contributed by atoms with Crippen LogP contribution in [-0.2, 0) is 11.2 Å². The lowest BCUT2D eigenvalue weighted by Crippen LogP contribution is -2.59. The topological polar surface area (TPSA) is 130 Å². The third-order valence-electron chi connectivity index (χ3n) is 8.02. The molecule has 1 aromatic carbocycles. The van der Waals surface area contributed by atoms with E-state index in [9.17, 15) is 9.59 Å². The van der Waals surface area contributed by atoms with E-state index in [4.69, 9.17) is 14.2 Å². The Morgan fingerprint density at radius 1 is 1.00 bits per heavy atom. The van der Waals surface area contributed by atoms with Gasteiger partial charge in [0.25, 0.3) is 5.91 Å². The highest BCUT2D eigenvalue weighted by Gasteiger charge is 2.43. The molecule has 1 saturated carbocycles. The second-order valence-corrected chi connectivity index (χ2v) is 10.9. The fraction of sp³-hybridized carbons (Fsp3) is 0.375. The van der Waals surface area contributed by atoms with Crippen molar-refractivity contribution in [2.24, 2.45) is 5.92 Å². The standard InChI is InChI=1S/C32H35N7O4/c1-3-5-15-38-20-23(30(40)39(29(38)22-9-8-10-22)31-34-18-24(19-35-31)42-4-2)16-21-13-14-27(33-17-21)25-11-6-7-12-26(25)28-36-32(41)43-37-28/h6-7,11-14,17-20,22,29H,3-5,8-10,15-16H2,1-2H3,(H,36,37,41). The van der Waals surface area contributed by atoms with Gasteiger partial charge in [-0.2, -0.15) is 0 Å². The largest absolute Gasteiger partial charge is 0.491 e. The lowest BCUT2D eigenvalue weighted by molar-refractivity contribution is -0.118. The van der Waals surface area contributed by atoms with Gasteiger partial charge in [-0.05, 0) is 43.7 Å². The minimum absolute atomic E-state index is 0.0850. The summed E-state index contributed by atoms with van der Waals surface area (Å²) in [5, 5.41) is 3.84. The van der Waals surface area contributed by atoms with Crippen LogP contribution in [0.3, 0.4) is 0 Å². The molecule has 1 unspecified atom stereocenters. The molecule has 4 aromatic rings. The first-order valence-electron chi connectivity index (χ1n) is 14.9. The van der Waals surface area contributed by atoms with Crippen LogP contribution in [0.25, 0.3) is 22.6 Å². The van der Waals surface area contributed by atoms with E-state index in [-0.39, 0.29) is 12.1 Å². The van der Waals surface area contributed by atoms with Gasteiger partial charge in [0.1, 0.15) is 6.17 Å². The molecule has 0 radical (unpaired) electrons. The molecule has 1 atom stereocenters. The second-order valence-electron chi connectivity index (χ2n) is 10.9. The van der Waals surface area contributed by atoms with Crippen LogP contribution in [0, 0.1) is 5.92 Å². The number of ether oxygens (including phenoxy) is 1. The minimum Gasteiger partial charge on any atom is -0.491 e. The fourth-order valence-corrected chi connectivity index (χ4v) is 5.68. The van der Waals surface area contributed by atoms with Gasteiger partial charge in [-0.3, -0.25) is 24.2 Å². The number of anilines is 1. The normalized spacial score (nSPS) is 17.1. The highest BCUT2D eigenvalue weighted by molar-refractivity contribution is 6.06. The van der Waals surface area contributed by atoms with Crippen LogP contribution < -0.4 is 15.4 Å². The maximum Gasteiger partial charge on any atom is 0.439 e. The maximum absolute atomic E-state index is 14.2. The molecule has 0 saturated heterocycles. The van der Waals surface area contributed by atoms with E-state index in [1.54, 1.807) is 23.5 Å². The predicted molar refractivity (Wildman–Crippen MR) is 161 cm³/mol. The summed E-state index contributed by atoms with van der Waals surface area (Å²) in [6.45, 7) is 5.46. The summed E-state index contributed by atoms with van der Waals surface area (Å²) in [6, 6.07) is 11.4. The zero-order valence-corrected chi connectivity index (χ0v) is 24.4. The molecule has 6 rings (SSSR count). The average molecular weight is 582 g/mol. The number of benzene rings is 1. The third kappa shape index (κ3) is 5.93. The first-order chi connectivity index (χ1) is 21.1. The van der Waals surface area contributed by atoms with Gasteiger partial charge in [-0.1, -0.05) is 55.3 Å². The number of nitrogens with one attached hydrogen (secondary N) is 1. The lowest BCUT2D eigenvalue weighted by atomic mass is 9.81. The minimum atomic E-state index is -0.615. The zero-order chi connectivity index (χ0) is 29.8. The molecule has 1 aliphatic carbocycles. The Labute approximate surface area is 249 Å². The van der Waals surface area contributed by atoms with E-state index in [2.05, 4.69) is 38.1 Å². The van der Waals surface area contributed by atoms with Crippen molar-refractivity contribution < 1.29 is 14.1 Å². The summed E-state index contributed by atoms with van der Waals surface area (Å²) in [5.74, 6) is 0.989. The van der Waals surface area contributed by atoms with Crippen molar-refractivity contribution in [2.45, 2.75) is 58.5 Å². The molecule has 1 fully saturated rings. The van der Waals surface area contributed by atoms with Gasteiger partial charge in [-0.25, -0.2) is 14.8 Å². The number of unbranched alkanes of at least 4 members (excludes halogenated alkanes) is 1. The molecule has 222 valence electrons. The van der Waals surface area contributed by atoms with Gasteiger partial charge in [0.15, 0.2) is 11.6 Å². The lowest BCUT2D eigenvalue weighted by Gasteiger charge is -2.48.